The Bertz CT molecular complexity index is 479. The van der Waals surface area contributed by atoms with E-state index in [1.807, 2.05) is 13.0 Å². The monoisotopic (exact) mass is 247 g/mol. The number of carbonyl (C=O) groups excluding carboxylic acids is 2. The molecule has 0 saturated carbocycles. The first-order valence-corrected chi connectivity index (χ1v) is 5.97. The number of nitrogens with zero attached hydrogens (tertiary/aromatic N) is 1. The number of nitrogen functional groups attached to an aromatic ring is 1. The van der Waals surface area contributed by atoms with Crippen molar-refractivity contribution in [2.24, 2.45) is 5.73 Å². The second-order valence-electron chi connectivity index (χ2n) is 4.60. The Morgan fingerprint density at radius 2 is 2.11 bits per heavy atom. The van der Waals surface area contributed by atoms with Gasteiger partial charge in [-0.2, -0.15) is 0 Å². The highest BCUT2D eigenvalue weighted by Gasteiger charge is 2.34. The Morgan fingerprint density at radius 1 is 1.39 bits per heavy atom. The van der Waals surface area contributed by atoms with Gasteiger partial charge in [0.25, 0.3) is 5.91 Å². The first kappa shape index (κ1) is 12.4. The summed E-state index contributed by atoms with van der Waals surface area (Å²) in [6.45, 7) is 2.39. The zero-order chi connectivity index (χ0) is 13.3. The van der Waals surface area contributed by atoms with Crippen LogP contribution < -0.4 is 11.5 Å². The lowest BCUT2D eigenvalue weighted by Crippen LogP contribution is -2.44. The van der Waals surface area contributed by atoms with E-state index in [-0.39, 0.29) is 5.91 Å². The maximum Gasteiger partial charge on any atom is 0.256 e. The molecule has 1 saturated heterocycles. The highest BCUT2D eigenvalue weighted by Crippen LogP contribution is 2.24. The van der Waals surface area contributed by atoms with Crippen LogP contribution in [0.1, 0.15) is 28.8 Å². The maximum absolute atomic E-state index is 12.4. The molecule has 0 aromatic heterocycles. The van der Waals surface area contributed by atoms with E-state index in [9.17, 15) is 9.59 Å². The number of hydrogen-bond donors (Lipinski definition) is 2. The fourth-order valence-corrected chi connectivity index (χ4v) is 2.43. The minimum absolute atomic E-state index is 0.202. The summed E-state index contributed by atoms with van der Waals surface area (Å²) in [6, 6.07) is 4.82. The molecule has 4 N–H and O–H groups in total. The highest BCUT2D eigenvalue weighted by molar-refractivity contribution is 6.02. The Labute approximate surface area is 106 Å². The lowest BCUT2D eigenvalue weighted by atomic mass is 10.0. The molecule has 18 heavy (non-hydrogen) atoms. The van der Waals surface area contributed by atoms with Crippen molar-refractivity contribution >= 4 is 17.5 Å². The smallest absolute Gasteiger partial charge is 0.256 e. The lowest BCUT2D eigenvalue weighted by Gasteiger charge is -2.23. The Morgan fingerprint density at radius 3 is 2.72 bits per heavy atom. The summed E-state index contributed by atoms with van der Waals surface area (Å²) >= 11 is 0. The molecular formula is C13H17N3O2. The molecule has 1 aromatic rings. The number of rotatable bonds is 2. The summed E-state index contributed by atoms with van der Waals surface area (Å²) < 4.78 is 0. The maximum atomic E-state index is 12.4. The molecule has 96 valence electrons. The van der Waals surface area contributed by atoms with Gasteiger partial charge in [0.05, 0.1) is 5.56 Å². The number of anilines is 1. The fraction of sp³-hybridized carbons (Fsp3) is 0.385. The summed E-state index contributed by atoms with van der Waals surface area (Å²) in [5.41, 5.74) is 12.9. The molecule has 1 aliphatic heterocycles. The molecule has 2 amide bonds. The van der Waals surface area contributed by atoms with Gasteiger partial charge in [-0.1, -0.05) is 12.1 Å². The van der Waals surface area contributed by atoms with Crippen molar-refractivity contribution in [2.45, 2.75) is 25.8 Å². The standard InChI is InChI=1S/C13H17N3O2/c1-8-4-2-5-9(14)11(8)13(18)16-7-3-6-10(16)12(15)17/h2,4-5,10H,3,6-7,14H2,1H3,(H2,15,17). The minimum Gasteiger partial charge on any atom is -0.398 e. The van der Waals surface area contributed by atoms with Crippen LogP contribution in [0.3, 0.4) is 0 Å². The van der Waals surface area contributed by atoms with E-state index < -0.39 is 11.9 Å². The number of aryl methyl sites for hydroxylation is 1. The van der Waals surface area contributed by atoms with Crippen molar-refractivity contribution in [1.29, 1.82) is 0 Å². The Balaban J connectivity index is 2.34. The van der Waals surface area contributed by atoms with E-state index in [0.29, 0.717) is 24.2 Å². The minimum atomic E-state index is -0.503. The van der Waals surface area contributed by atoms with Gasteiger partial charge in [0.15, 0.2) is 0 Å². The normalized spacial score (nSPS) is 18.9. The predicted octanol–water partition coefficient (Wildman–Crippen LogP) is 0.667. The molecule has 0 bridgehead atoms. The van der Waals surface area contributed by atoms with E-state index in [2.05, 4.69) is 0 Å². The van der Waals surface area contributed by atoms with Crippen LogP contribution in [0.4, 0.5) is 5.69 Å². The first-order chi connectivity index (χ1) is 8.52. The quantitative estimate of drug-likeness (QED) is 0.752. The van der Waals surface area contributed by atoms with E-state index in [0.717, 1.165) is 12.0 Å². The summed E-state index contributed by atoms with van der Waals surface area (Å²) in [7, 11) is 0. The third-order valence-electron chi connectivity index (χ3n) is 3.36. The van der Waals surface area contributed by atoms with Gasteiger partial charge in [-0.15, -0.1) is 0 Å². The van der Waals surface area contributed by atoms with Crippen LogP contribution in [0.25, 0.3) is 0 Å². The van der Waals surface area contributed by atoms with Gasteiger partial charge >= 0.3 is 0 Å². The number of nitrogens with two attached hydrogens (primary N) is 2. The van der Waals surface area contributed by atoms with Crippen molar-refractivity contribution in [2.75, 3.05) is 12.3 Å². The van der Waals surface area contributed by atoms with Gasteiger partial charge in [0.1, 0.15) is 6.04 Å². The van der Waals surface area contributed by atoms with Crippen molar-refractivity contribution in [3.63, 3.8) is 0 Å². The molecule has 1 atom stereocenters. The second-order valence-corrected chi connectivity index (χ2v) is 4.60. The summed E-state index contributed by atoms with van der Waals surface area (Å²) in [4.78, 5) is 25.3. The summed E-state index contributed by atoms with van der Waals surface area (Å²) in [6.07, 6.45) is 1.43. The summed E-state index contributed by atoms with van der Waals surface area (Å²) in [5, 5.41) is 0. The van der Waals surface area contributed by atoms with Gasteiger partial charge in [-0.25, -0.2) is 0 Å². The topological polar surface area (TPSA) is 89.4 Å². The largest absolute Gasteiger partial charge is 0.398 e. The van der Waals surface area contributed by atoms with Gasteiger partial charge < -0.3 is 16.4 Å². The van der Waals surface area contributed by atoms with Crippen molar-refractivity contribution < 1.29 is 9.59 Å². The van der Waals surface area contributed by atoms with E-state index in [1.165, 1.54) is 4.90 Å². The van der Waals surface area contributed by atoms with Crippen LogP contribution in [0.2, 0.25) is 0 Å². The molecular weight excluding hydrogens is 230 g/mol. The molecule has 1 unspecified atom stereocenters. The molecule has 1 heterocycles. The number of amides is 2. The number of hydrogen-bond acceptors (Lipinski definition) is 3. The fourth-order valence-electron chi connectivity index (χ4n) is 2.43. The SMILES string of the molecule is Cc1cccc(N)c1C(=O)N1CCCC1C(N)=O. The zero-order valence-corrected chi connectivity index (χ0v) is 10.3. The molecule has 5 nitrogen and oxygen atoms in total. The van der Waals surface area contributed by atoms with Gasteiger partial charge in [0, 0.05) is 12.2 Å². The van der Waals surface area contributed by atoms with Crippen LogP contribution in [-0.4, -0.2) is 29.3 Å². The molecule has 2 rings (SSSR count). The van der Waals surface area contributed by atoms with E-state index >= 15 is 0 Å². The third-order valence-corrected chi connectivity index (χ3v) is 3.36. The second kappa shape index (κ2) is 4.68. The van der Waals surface area contributed by atoms with Crippen LogP contribution in [0.5, 0.6) is 0 Å². The molecule has 0 radical (unpaired) electrons. The van der Waals surface area contributed by atoms with Crippen LogP contribution >= 0.6 is 0 Å². The molecule has 1 fully saturated rings. The van der Waals surface area contributed by atoms with Crippen molar-refractivity contribution in [3.05, 3.63) is 29.3 Å². The van der Waals surface area contributed by atoms with Crippen molar-refractivity contribution in [1.82, 2.24) is 4.90 Å². The zero-order valence-electron chi connectivity index (χ0n) is 10.3. The van der Waals surface area contributed by atoms with Crippen molar-refractivity contribution in [3.8, 4) is 0 Å². The number of likely N-dealkylation sites (tertiary alicyclic amines) is 1. The van der Waals surface area contributed by atoms with Gasteiger partial charge in [0.2, 0.25) is 5.91 Å². The Hall–Kier alpha value is -2.04. The highest BCUT2D eigenvalue weighted by atomic mass is 16.2. The molecule has 0 aliphatic carbocycles. The summed E-state index contributed by atoms with van der Waals surface area (Å²) in [5.74, 6) is -0.653. The molecule has 5 heteroatoms. The van der Waals surface area contributed by atoms with Gasteiger partial charge in [-0.05, 0) is 31.4 Å². The van der Waals surface area contributed by atoms with Crippen LogP contribution in [0, 0.1) is 6.92 Å². The van der Waals surface area contributed by atoms with Crippen LogP contribution in [0.15, 0.2) is 18.2 Å². The molecule has 0 spiro atoms. The average molecular weight is 247 g/mol. The van der Waals surface area contributed by atoms with E-state index in [1.54, 1.807) is 12.1 Å². The molecule has 1 aromatic carbocycles. The Kier molecular flexibility index (Phi) is 3.23. The van der Waals surface area contributed by atoms with Gasteiger partial charge in [-0.3, -0.25) is 9.59 Å². The third kappa shape index (κ3) is 2.03. The number of carbonyl (C=O) groups is 2. The molecule has 1 aliphatic rings. The number of benzene rings is 1. The van der Waals surface area contributed by atoms with Crippen LogP contribution in [-0.2, 0) is 4.79 Å². The lowest BCUT2D eigenvalue weighted by molar-refractivity contribution is -0.121. The average Bonchev–Trinajstić information content (AvgIpc) is 2.77. The number of primary amides is 1. The predicted molar refractivity (Wildman–Crippen MR) is 68.8 cm³/mol. The van der Waals surface area contributed by atoms with E-state index in [4.69, 9.17) is 11.5 Å². The first-order valence-electron chi connectivity index (χ1n) is 5.97.